The van der Waals surface area contributed by atoms with Gasteiger partial charge in [0.15, 0.2) is 0 Å². The molecule has 5 nitrogen and oxygen atoms in total. The third-order valence-electron chi connectivity index (χ3n) is 2.93. The number of aromatic nitrogens is 4. The number of rotatable bonds is 3. The average molecular weight is 308 g/mol. The fraction of sp³-hybridized carbons (Fsp3) is 0.417. The fourth-order valence-electron chi connectivity index (χ4n) is 1.88. The van der Waals surface area contributed by atoms with Gasteiger partial charge in [0.25, 0.3) is 0 Å². The molecule has 1 N–H and O–H groups in total. The molecule has 18 heavy (non-hydrogen) atoms. The van der Waals surface area contributed by atoms with Crippen molar-refractivity contribution >= 4 is 27.4 Å². The molecule has 6 heteroatoms. The van der Waals surface area contributed by atoms with E-state index in [2.05, 4.69) is 36.3 Å². The molecule has 1 fully saturated rings. The summed E-state index contributed by atoms with van der Waals surface area (Å²) in [7, 11) is 1.91. The van der Waals surface area contributed by atoms with Crippen molar-refractivity contribution in [3.05, 3.63) is 28.4 Å². The third-order valence-corrected chi connectivity index (χ3v) is 3.34. The predicted octanol–water partition coefficient (Wildman–Crippen LogP) is 2.90. The highest BCUT2D eigenvalue weighted by Crippen LogP contribution is 2.39. The molecule has 2 aromatic rings. The van der Waals surface area contributed by atoms with Crippen LogP contribution in [0.25, 0.3) is 0 Å². The van der Waals surface area contributed by atoms with E-state index < -0.39 is 0 Å². The van der Waals surface area contributed by atoms with Crippen LogP contribution in [-0.2, 0) is 7.05 Å². The van der Waals surface area contributed by atoms with E-state index in [1.54, 1.807) is 4.68 Å². The normalized spacial score (nSPS) is 14.8. The van der Waals surface area contributed by atoms with Crippen molar-refractivity contribution in [2.75, 3.05) is 5.32 Å². The number of aryl methyl sites for hydroxylation is 2. The van der Waals surface area contributed by atoms with Gasteiger partial charge >= 0.3 is 0 Å². The Bertz CT molecular complexity index is 588. The summed E-state index contributed by atoms with van der Waals surface area (Å²) >= 11 is 3.43. The number of anilines is 2. The topological polar surface area (TPSA) is 55.6 Å². The predicted molar refractivity (Wildman–Crippen MR) is 72.9 cm³/mol. The summed E-state index contributed by atoms with van der Waals surface area (Å²) in [5.41, 5.74) is 1.94. The van der Waals surface area contributed by atoms with E-state index in [0.29, 0.717) is 5.92 Å². The van der Waals surface area contributed by atoms with Crippen molar-refractivity contribution in [1.82, 2.24) is 19.7 Å². The van der Waals surface area contributed by atoms with Crippen LogP contribution in [0.1, 0.15) is 30.3 Å². The Morgan fingerprint density at radius 3 is 2.78 bits per heavy atom. The van der Waals surface area contributed by atoms with Crippen LogP contribution in [-0.4, -0.2) is 19.7 Å². The first-order chi connectivity index (χ1) is 8.61. The summed E-state index contributed by atoms with van der Waals surface area (Å²) < 4.78 is 2.61. The van der Waals surface area contributed by atoms with Crippen LogP contribution in [0.4, 0.5) is 11.5 Å². The largest absolute Gasteiger partial charge is 0.337 e. The van der Waals surface area contributed by atoms with Crippen molar-refractivity contribution in [2.24, 2.45) is 7.05 Å². The molecule has 1 aliphatic rings. The summed E-state index contributed by atoms with van der Waals surface area (Å²) in [5, 5.41) is 7.59. The van der Waals surface area contributed by atoms with Gasteiger partial charge in [-0.25, -0.2) is 9.97 Å². The van der Waals surface area contributed by atoms with Crippen LogP contribution in [0.5, 0.6) is 0 Å². The van der Waals surface area contributed by atoms with Crippen LogP contribution in [0.15, 0.2) is 16.9 Å². The molecular formula is C12H14BrN5. The third kappa shape index (κ3) is 2.38. The Morgan fingerprint density at radius 1 is 1.39 bits per heavy atom. The Morgan fingerprint density at radius 2 is 2.17 bits per heavy atom. The highest BCUT2D eigenvalue weighted by Gasteiger charge is 2.27. The van der Waals surface area contributed by atoms with Gasteiger partial charge in [-0.3, -0.25) is 4.68 Å². The van der Waals surface area contributed by atoms with Gasteiger partial charge in [0, 0.05) is 25.2 Å². The van der Waals surface area contributed by atoms with Crippen molar-refractivity contribution < 1.29 is 0 Å². The SMILES string of the molecule is Cc1nn(C)cc1Nc1cc(Br)nc(C2CC2)n1. The van der Waals surface area contributed by atoms with Gasteiger partial charge in [-0.15, -0.1) is 0 Å². The minimum atomic E-state index is 0.540. The molecule has 2 heterocycles. The van der Waals surface area contributed by atoms with Crippen LogP contribution >= 0.6 is 15.9 Å². The molecule has 0 aromatic carbocycles. The summed E-state index contributed by atoms with van der Waals surface area (Å²) in [6, 6.07) is 1.89. The molecule has 1 saturated carbocycles. The van der Waals surface area contributed by atoms with Crippen LogP contribution in [0.2, 0.25) is 0 Å². The molecule has 0 atom stereocenters. The second kappa shape index (κ2) is 4.35. The summed E-state index contributed by atoms with van der Waals surface area (Å²) in [5.74, 6) is 2.28. The lowest BCUT2D eigenvalue weighted by atomic mass is 10.3. The Balaban J connectivity index is 1.89. The fourth-order valence-corrected chi connectivity index (χ4v) is 2.28. The number of hydrogen-bond acceptors (Lipinski definition) is 4. The summed E-state index contributed by atoms with van der Waals surface area (Å²) in [6.07, 6.45) is 4.34. The van der Waals surface area contributed by atoms with Gasteiger partial charge in [-0.2, -0.15) is 5.10 Å². The minimum absolute atomic E-state index is 0.540. The van der Waals surface area contributed by atoms with Crippen molar-refractivity contribution in [3.8, 4) is 0 Å². The lowest BCUT2D eigenvalue weighted by Gasteiger charge is -2.06. The monoisotopic (exact) mass is 307 g/mol. The maximum absolute atomic E-state index is 4.55. The van der Waals surface area contributed by atoms with E-state index >= 15 is 0 Å². The Kier molecular flexibility index (Phi) is 2.81. The molecule has 1 aliphatic carbocycles. The van der Waals surface area contributed by atoms with E-state index in [-0.39, 0.29) is 0 Å². The van der Waals surface area contributed by atoms with Gasteiger partial charge in [0.2, 0.25) is 0 Å². The number of halogens is 1. The first-order valence-electron chi connectivity index (χ1n) is 5.93. The van der Waals surface area contributed by atoms with Crippen molar-refractivity contribution in [2.45, 2.75) is 25.7 Å². The zero-order chi connectivity index (χ0) is 12.7. The van der Waals surface area contributed by atoms with Gasteiger partial charge in [0.05, 0.1) is 11.4 Å². The van der Waals surface area contributed by atoms with Gasteiger partial charge in [0.1, 0.15) is 16.2 Å². The second-order valence-electron chi connectivity index (χ2n) is 4.64. The minimum Gasteiger partial charge on any atom is -0.337 e. The van der Waals surface area contributed by atoms with Crippen molar-refractivity contribution in [1.29, 1.82) is 0 Å². The Hall–Kier alpha value is -1.43. The van der Waals surface area contributed by atoms with Gasteiger partial charge in [-0.05, 0) is 35.7 Å². The van der Waals surface area contributed by atoms with E-state index in [1.165, 1.54) is 12.8 Å². The number of nitrogens with zero attached hydrogens (tertiary/aromatic N) is 4. The van der Waals surface area contributed by atoms with Gasteiger partial charge < -0.3 is 5.32 Å². The first kappa shape index (κ1) is 11.6. The lowest BCUT2D eigenvalue weighted by Crippen LogP contribution is -1.99. The lowest BCUT2D eigenvalue weighted by molar-refractivity contribution is 0.756. The first-order valence-corrected chi connectivity index (χ1v) is 6.73. The molecule has 0 amide bonds. The molecule has 2 aromatic heterocycles. The molecule has 0 spiro atoms. The quantitative estimate of drug-likeness (QED) is 0.886. The van der Waals surface area contributed by atoms with Crippen molar-refractivity contribution in [3.63, 3.8) is 0 Å². The maximum Gasteiger partial charge on any atom is 0.135 e. The number of nitrogens with one attached hydrogen (secondary N) is 1. The molecule has 94 valence electrons. The second-order valence-corrected chi connectivity index (χ2v) is 5.45. The molecule has 3 rings (SSSR count). The number of hydrogen-bond donors (Lipinski definition) is 1. The molecule has 0 unspecified atom stereocenters. The van der Waals surface area contributed by atoms with E-state index in [9.17, 15) is 0 Å². The van der Waals surface area contributed by atoms with Gasteiger partial charge in [-0.1, -0.05) is 0 Å². The standard InChI is InChI=1S/C12H14BrN5/c1-7-9(6-18(2)17-7)14-11-5-10(13)15-12(16-11)8-3-4-8/h5-6,8H,3-4H2,1-2H3,(H,14,15,16). The maximum atomic E-state index is 4.55. The summed E-state index contributed by atoms with van der Waals surface area (Å²) in [4.78, 5) is 8.96. The van der Waals surface area contributed by atoms with Crippen LogP contribution in [0.3, 0.4) is 0 Å². The highest BCUT2D eigenvalue weighted by molar-refractivity contribution is 9.10. The molecule has 0 saturated heterocycles. The van der Waals surface area contributed by atoms with E-state index in [1.807, 2.05) is 26.2 Å². The van der Waals surface area contributed by atoms with E-state index in [0.717, 1.165) is 27.6 Å². The Labute approximate surface area is 114 Å². The van der Waals surface area contributed by atoms with E-state index in [4.69, 9.17) is 0 Å². The zero-order valence-electron chi connectivity index (χ0n) is 10.3. The van der Waals surface area contributed by atoms with Crippen LogP contribution in [0, 0.1) is 6.92 Å². The molecule has 0 aliphatic heterocycles. The smallest absolute Gasteiger partial charge is 0.135 e. The zero-order valence-corrected chi connectivity index (χ0v) is 11.9. The molecule has 0 radical (unpaired) electrons. The molecule has 0 bridgehead atoms. The highest BCUT2D eigenvalue weighted by atomic mass is 79.9. The molecular weight excluding hydrogens is 294 g/mol. The van der Waals surface area contributed by atoms with Crippen LogP contribution < -0.4 is 5.32 Å². The summed E-state index contributed by atoms with van der Waals surface area (Å²) in [6.45, 7) is 1.97. The average Bonchev–Trinajstić information content (AvgIpc) is 3.06.